The third-order valence-electron chi connectivity index (χ3n) is 3.46. The molecule has 0 aliphatic heterocycles. The second-order valence-corrected chi connectivity index (χ2v) is 6.42. The quantitative estimate of drug-likeness (QED) is 0.361. The summed E-state index contributed by atoms with van der Waals surface area (Å²) in [5, 5.41) is 0. The molecule has 2 unspecified atom stereocenters. The molecule has 0 saturated heterocycles. The van der Waals surface area contributed by atoms with Crippen LogP contribution in [0.5, 0.6) is 0 Å². The standard InChI is InChI=1S/C16H16O4S/c1-2-9-21(20)12-6-3-5-11(10-12)15(18)13-7-4-8-14(17)16(13)19/h2-3,5-6,10,13H,1,4,7-9H2. The maximum atomic E-state index is 12.4. The van der Waals surface area contributed by atoms with Gasteiger partial charge in [0.05, 0.1) is 16.7 Å². The van der Waals surface area contributed by atoms with Gasteiger partial charge in [0, 0.05) is 22.6 Å². The van der Waals surface area contributed by atoms with Gasteiger partial charge >= 0.3 is 0 Å². The molecule has 1 aromatic carbocycles. The SMILES string of the molecule is C=CCS(=O)c1cccc(C(=O)C2CCCC(=O)C2=O)c1. The molecular weight excluding hydrogens is 288 g/mol. The zero-order chi connectivity index (χ0) is 15.4. The molecule has 0 amide bonds. The normalized spacial score (nSPS) is 20.1. The molecule has 2 atom stereocenters. The van der Waals surface area contributed by atoms with Crippen molar-refractivity contribution in [3.05, 3.63) is 42.5 Å². The van der Waals surface area contributed by atoms with Gasteiger partial charge in [-0.2, -0.15) is 0 Å². The molecule has 0 N–H and O–H groups in total. The van der Waals surface area contributed by atoms with E-state index in [1.54, 1.807) is 24.3 Å². The minimum atomic E-state index is -1.25. The van der Waals surface area contributed by atoms with E-state index in [2.05, 4.69) is 6.58 Å². The van der Waals surface area contributed by atoms with Crippen LogP contribution in [0.1, 0.15) is 29.6 Å². The van der Waals surface area contributed by atoms with E-state index in [-0.39, 0.29) is 12.2 Å². The van der Waals surface area contributed by atoms with Gasteiger partial charge in [0.25, 0.3) is 0 Å². The van der Waals surface area contributed by atoms with E-state index in [0.717, 1.165) is 0 Å². The number of carbonyl (C=O) groups is 3. The molecule has 1 fully saturated rings. The Kier molecular flexibility index (Phi) is 4.96. The van der Waals surface area contributed by atoms with Crippen molar-refractivity contribution in [2.45, 2.75) is 24.2 Å². The number of Topliss-reactive ketones (excluding diaryl/α,β-unsaturated/α-hetero) is 3. The predicted octanol–water partition coefficient (Wildman–Crippen LogP) is 2.10. The smallest absolute Gasteiger partial charge is 0.209 e. The van der Waals surface area contributed by atoms with E-state index in [9.17, 15) is 18.6 Å². The van der Waals surface area contributed by atoms with E-state index in [1.165, 1.54) is 6.07 Å². The molecule has 5 heteroatoms. The number of carbonyl (C=O) groups excluding carboxylic acids is 3. The Morgan fingerprint density at radius 3 is 2.86 bits per heavy atom. The summed E-state index contributed by atoms with van der Waals surface area (Å²) < 4.78 is 11.9. The lowest BCUT2D eigenvalue weighted by Crippen LogP contribution is -2.34. The van der Waals surface area contributed by atoms with Gasteiger partial charge in [-0.25, -0.2) is 0 Å². The lowest BCUT2D eigenvalue weighted by Gasteiger charge is -2.18. The third kappa shape index (κ3) is 3.42. The molecule has 1 aliphatic carbocycles. The zero-order valence-corrected chi connectivity index (χ0v) is 12.4. The Morgan fingerprint density at radius 2 is 2.14 bits per heavy atom. The molecule has 0 aromatic heterocycles. The van der Waals surface area contributed by atoms with Crippen LogP contribution in [0.15, 0.2) is 41.8 Å². The first-order chi connectivity index (χ1) is 10.0. The molecule has 0 spiro atoms. The maximum absolute atomic E-state index is 12.4. The fourth-order valence-electron chi connectivity index (χ4n) is 2.36. The van der Waals surface area contributed by atoms with E-state index in [4.69, 9.17) is 0 Å². The molecule has 110 valence electrons. The van der Waals surface area contributed by atoms with Gasteiger partial charge in [0.1, 0.15) is 0 Å². The van der Waals surface area contributed by atoms with Crippen molar-refractivity contribution in [1.82, 2.24) is 0 Å². The summed E-state index contributed by atoms with van der Waals surface area (Å²) in [6, 6.07) is 6.43. The molecule has 0 radical (unpaired) electrons. The highest BCUT2D eigenvalue weighted by atomic mass is 32.2. The Labute approximate surface area is 125 Å². The summed E-state index contributed by atoms with van der Waals surface area (Å²) in [7, 11) is -1.25. The molecule has 0 heterocycles. The molecule has 1 aliphatic rings. The predicted molar refractivity (Wildman–Crippen MR) is 79.6 cm³/mol. The van der Waals surface area contributed by atoms with Crippen LogP contribution in [-0.4, -0.2) is 27.3 Å². The van der Waals surface area contributed by atoms with Gasteiger partial charge in [0.2, 0.25) is 5.78 Å². The largest absolute Gasteiger partial charge is 0.293 e. The summed E-state index contributed by atoms with van der Waals surface area (Å²) in [6.45, 7) is 3.53. The van der Waals surface area contributed by atoms with Gasteiger partial charge in [-0.3, -0.25) is 18.6 Å². The van der Waals surface area contributed by atoms with Crippen LogP contribution in [0.25, 0.3) is 0 Å². The summed E-state index contributed by atoms with van der Waals surface area (Å²) in [5.41, 5.74) is 0.331. The molecule has 2 rings (SSSR count). The van der Waals surface area contributed by atoms with Crippen molar-refractivity contribution < 1.29 is 18.6 Å². The minimum Gasteiger partial charge on any atom is -0.293 e. The van der Waals surface area contributed by atoms with Gasteiger partial charge < -0.3 is 0 Å². The van der Waals surface area contributed by atoms with Crippen molar-refractivity contribution in [2.24, 2.45) is 5.92 Å². The molecule has 21 heavy (non-hydrogen) atoms. The Bertz CT molecular complexity index is 633. The van der Waals surface area contributed by atoms with Crippen LogP contribution in [0.2, 0.25) is 0 Å². The fraction of sp³-hybridized carbons (Fsp3) is 0.312. The molecule has 1 aromatic rings. The topological polar surface area (TPSA) is 68.3 Å². The average molecular weight is 304 g/mol. The first-order valence-electron chi connectivity index (χ1n) is 6.75. The van der Waals surface area contributed by atoms with Gasteiger partial charge in [-0.15, -0.1) is 6.58 Å². The van der Waals surface area contributed by atoms with Gasteiger partial charge in [-0.1, -0.05) is 18.2 Å². The maximum Gasteiger partial charge on any atom is 0.209 e. The van der Waals surface area contributed by atoms with E-state index < -0.39 is 28.3 Å². The number of ketones is 3. The van der Waals surface area contributed by atoms with E-state index in [1.807, 2.05) is 0 Å². The first kappa shape index (κ1) is 15.5. The minimum absolute atomic E-state index is 0.228. The number of benzene rings is 1. The highest BCUT2D eigenvalue weighted by Crippen LogP contribution is 2.23. The highest BCUT2D eigenvalue weighted by Gasteiger charge is 2.35. The van der Waals surface area contributed by atoms with Crippen molar-refractivity contribution in [2.75, 3.05) is 5.75 Å². The lowest BCUT2D eigenvalue weighted by atomic mass is 9.82. The van der Waals surface area contributed by atoms with Crippen LogP contribution in [0.4, 0.5) is 0 Å². The Hall–Kier alpha value is -1.88. The van der Waals surface area contributed by atoms with Crippen LogP contribution < -0.4 is 0 Å². The molecular formula is C16H16O4S. The van der Waals surface area contributed by atoms with Crippen LogP contribution in [-0.2, 0) is 20.4 Å². The summed E-state index contributed by atoms with van der Waals surface area (Å²) in [6.07, 6.45) is 2.74. The highest BCUT2D eigenvalue weighted by molar-refractivity contribution is 7.85. The monoisotopic (exact) mass is 304 g/mol. The second kappa shape index (κ2) is 6.72. The van der Waals surface area contributed by atoms with Crippen molar-refractivity contribution in [3.63, 3.8) is 0 Å². The summed E-state index contributed by atoms with van der Waals surface area (Å²) >= 11 is 0. The third-order valence-corrected chi connectivity index (χ3v) is 4.77. The molecule has 1 saturated carbocycles. The van der Waals surface area contributed by atoms with E-state index >= 15 is 0 Å². The van der Waals surface area contributed by atoms with Gasteiger partial charge in [0.15, 0.2) is 11.6 Å². The molecule has 0 bridgehead atoms. The Balaban J connectivity index is 2.25. The molecule has 4 nitrogen and oxygen atoms in total. The summed E-state index contributed by atoms with van der Waals surface area (Å²) in [5.74, 6) is -1.99. The first-order valence-corrected chi connectivity index (χ1v) is 8.07. The van der Waals surface area contributed by atoms with Crippen molar-refractivity contribution in [3.8, 4) is 0 Å². The number of hydrogen-bond acceptors (Lipinski definition) is 4. The number of rotatable bonds is 5. The lowest BCUT2D eigenvalue weighted by molar-refractivity contribution is -0.139. The van der Waals surface area contributed by atoms with Crippen LogP contribution in [0, 0.1) is 5.92 Å². The van der Waals surface area contributed by atoms with E-state index in [0.29, 0.717) is 29.1 Å². The van der Waals surface area contributed by atoms with Crippen molar-refractivity contribution in [1.29, 1.82) is 0 Å². The van der Waals surface area contributed by atoms with Gasteiger partial charge in [-0.05, 0) is 25.0 Å². The fourth-order valence-corrected chi connectivity index (χ4v) is 3.26. The second-order valence-electron chi connectivity index (χ2n) is 4.93. The Morgan fingerprint density at radius 1 is 1.38 bits per heavy atom. The van der Waals surface area contributed by atoms with Crippen molar-refractivity contribution >= 4 is 28.1 Å². The van der Waals surface area contributed by atoms with Crippen LogP contribution in [0.3, 0.4) is 0 Å². The van der Waals surface area contributed by atoms with Crippen LogP contribution >= 0.6 is 0 Å². The summed E-state index contributed by atoms with van der Waals surface area (Å²) in [4.78, 5) is 36.2. The number of hydrogen-bond donors (Lipinski definition) is 0. The average Bonchev–Trinajstić information content (AvgIpc) is 2.50. The zero-order valence-electron chi connectivity index (χ0n) is 11.5.